The van der Waals surface area contributed by atoms with Gasteiger partial charge in [-0.1, -0.05) is 0 Å². The van der Waals surface area contributed by atoms with Gasteiger partial charge in [0.1, 0.15) is 18.0 Å². The highest BCUT2D eigenvalue weighted by atomic mass is 32.1. The molecular formula is C17H26N6S. The van der Waals surface area contributed by atoms with Gasteiger partial charge in [-0.2, -0.15) is 0 Å². The molecule has 1 fully saturated rings. The average molecular weight is 347 g/mol. The van der Waals surface area contributed by atoms with Crippen molar-refractivity contribution in [2.75, 3.05) is 44.0 Å². The number of anilines is 2. The van der Waals surface area contributed by atoms with Crippen molar-refractivity contribution in [1.29, 1.82) is 0 Å². The summed E-state index contributed by atoms with van der Waals surface area (Å²) in [6.07, 6.45) is 4.08. The van der Waals surface area contributed by atoms with Crippen molar-refractivity contribution in [2.45, 2.75) is 32.4 Å². The molecule has 0 radical (unpaired) electrons. The molecule has 1 unspecified atom stereocenters. The highest BCUT2D eigenvalue weighted by Gasteiger charge is 2.25. The number of piperidine rings is 1. The molecule has 0 bridgehead atoms. The van der Waals surface area contributed by atoms with E-state index in [0.29, 0.717) is 6.04 Å². The molecule has 0 spiro atoms. The molecule has 1 saturated heterocycles. The van der Waals surface area contributed by atoms with E-state index in [1.54, 1.807) is 17.7 Å². The fraction of sp³-hybridized carbons (Fsp3) is 0.588. The molecular weight excluding hydrogens is 320 g/mol. The second-order valence-electron chi connectivity index (χ2n) is 6.63. The first-order valence-electron chi connectivity index (χ1n) is 8.38. The first-order chi connectivity index (χ1) is 11.5. The van der Waals surface area contributed by atoms with Crippen LogP contribution in [-0.2, 0) is 6.54 Å². The lowest BCUT2D eigenvalue weighted by Crippen LogP contribution is -2.46. The minimum Gasteiger partial charge on any atom is -0.363 e. The maximum atomic E-state index is 4.47. The molecule has 1 atom stereocenters. The van der Waals surface area contributed by atoms with Gasteiger partial charge in [-0.3, -0.25) is 4.90 Å². The van der Waals surface area contributed by atoms with Crippen molar-refractivity contribution >= 4 is 23.0 Å². The van der Waals surface area contributed by atoms with Crippen LogP contribution in [0.1, 0.15) is 23.4 Å². The Morgan fingerprint density at radius 1 is 1.21 bits per heavy atom. The second kappa shape index (κ2) is 7.44. The van der Waals surface area contributed by atoms with Crippen LogP contribution in [0.3, 0.4) is 0 Å². The van der Waals surface area contributed by atoms with Crippen molar-refractivity contribution in [3.63, 3.8) is 0 Å². The second-order valence-corrected chi connectivity index (χ2v) is 7.57. The number of likely N-dealkylation sites (N-methyl/N-ethyl adjacent to an activating group) is 1. The Morgan fingerprint density at radius 2 is 2.00 bits per heavy atom. The van der Waals surface area contributed by atoms with E-state index < -0.39 is 0 Å². The summed E-state index contributed by atoms with van der Waals surface area (Å²) in [7, 11) is 6.16. The SMILES string of the molecule is Cc1ncsc1CN1CCCC(N(C)c2cc(N(C)C)ncn2)C1. The van der Waals surface area contributed by atoms with Crippen molar-refractivity contribution in [3.05, 3.63) is 28.5 Å². The number of aryl methyl sites for hydroxylation is 1. The quantitative estimate of drug-likeness (QED) is 0.829. The zero-order valence-electron chi connectivity index (χ0n) is 14.9. The third-order valence-electron chi connectivity index (χ3n) is 4.70. The number of hydrogen-bond donors (Lipinski definition) is 0. The van der Waals surface area contributed by atoms with Crippen LogP contribution >= 0.6 is 11.3 Å². The lowest BCUT2D eigenvalue weighted by Gasteiger charge is -2.38. The van der Waals surface area contributed by atoms with Crippen LogP contribution in [0.15, 0.2) is 17.9 Å². The summed E-state index contributed by atoms with van der Waals surface area (Å²) in [5.41, 5.74) is 3.11. The van der Waals surface area contributed by atoms with Crippen molar-refractivity contribution < 1.29 is 0 Å². The van der Waals surface area contributed by atoms with E-state index in [4.69, 9.17) is 0 Å². The van der Waals surface area contributed by atoms with E-state index in [1.807, 2.05) is 24.5 Å². The van der Waals surface area contributed by atoms with Gasteiger partial charge in [-0.05, 0) is 26.3 Å². The number of rotatable bonds is 5. The van der Waals surface area contributed by atoms with E-state index >= 15 is 0 Å². The average Bonchev–Trinajstić information content (AvgIpc) is 2.99. The standard InChI is InChI=1S/C17H26N6S/c1-13-15(24-12-20-13)10-23-7-5-6-14(9-23)22(4)17-8-16(21(2)3)18-11-19-17/h8,11-12,14H,5-7,9-10H2,1-4H3. The molecule has 0 N–H and O–H groups in total. The maximum Gasteiger partial charge on any atom is 0.134 e. The summed E-state index contributed by atoms with van der Waals surface area (Å²) < 4.78 is 0. The lowest BCUT2D eigenvalue weighted by atomic mass is 10.0. The Labute approximate surface area is 148 Å². The molecule has 24 heavy (non-hydrogen) atoms. The zero-order valence-corrected chi connectivity index (χ0v) is 15.8. The molecule has 130 valence electrons. The first-order valence-corrected chi connectivity index (χ1v) is 9.26. The number of nitrogens with zero attached hydrogens (tertiary/aromatic N) is 6. The van der Waals surface area contributed by atoms with Crippen molar-refractivity contribution in [1.82, 2.24) is 19.9 Å². The largest absolute Gasteiger partial charge is 0.363 e. The highest BCUT2D eigenvalue weighted by Crippen LogP contribution is 2.24. The van der Waals surface area contributed by atoms with Gasteiger partial charge in [-0.25, -0.2) is 15.0 Å². The number of likely N-dealkylation sites (tertiary alicyclic amines) is 1. The third kappa shape index (κ3) is 3.84. The molecule has 1 aliphatic rings. The molecule has 0 saturated carbocycles. The normalized spacial score (nSPS) is 18.6. The molecule has 0 amide bonds. The fourth-order valence-electron chi connectivity index (χ4n) is 3.13. The van der Waals surface area contributed by atoms with Crippen LogP contribution in [0.4, 0.5) is 11.6 Å². The highest BCUT2D eigenvalue weighted by molar-refractivity contribution is 7.09. The minimum atomic E-state index is 0.483. The minimum absolute atomic E-state index is 0.483. The number of thiazole rings is 1. The molecule has 2 aromatic rings. The summed E-state index contributed by atoms with van der Waals surface area (Å²) in [6.45, 7) is 5.33. The van der Waals surface area contributed by atoms with Gasteiger partial charge in [0.05, 0.1) is 11.2 Å². The van der Waals surface area contributed by atoms with Gasteiger partial charge in [0.15, 0.2) is 0 Å². The maximum absolute atomic E-state index is 4.47. The van der Waals surface area contributed by atoms with Gasteiger partial charge in [0.25, 0.3) is 0 Å². The number of hydrogen-bond acceptors (Lipinski definition) is 7. The fourth-order valence-corrected chi connectivity index (χ4v) is 3.95. The smallest absolute Gasteiger partial charge is 0.134 e. The zero-order chi connectivity index (χ0) is 17.1. The van der Waals surface area contributed by atoms with Gasteiger partial charge < -0.3 is 9.80 Å². The summed E-state index contributed by atoms with van der Waals surface area (Å²) in [4.78, 5) is 21.4. The molecule has 7 heteroatoms. The Hall–Kier alpha value is -1.73. The van der Waals surface area contributed by atoms with Crippen LogP contribution in [-0.4, -0.2) is 60.1 Å². The van der Waals surface area contributed by atoms with E-state index in [1.165, 1.54) is 23.4 Å². The summed E-state index contributed by atoms with van der Waals surface area (Å²) >= 11 is 1.76. The van der Waals surface area contributed by atoms with Crippen LogP contribution in [0.25, 0.3) is 0 Å². The third-order valence-corrected chi connectivity index (χ3v) is 5.62. The van der Waals surface area contributed by atoms with Crippen LogP contribution in [0.2, 0.25) is 0 Å². The van der Waals surface area contributed by atoms with E-state index in [9.17, 15) is 0 Å². The van der Waals surface area contributed by atoms with E-state index in [0.717, 1.165) is 31.3 Å². The van der Waals surface area contributed by atoms with E-state index in [-0.39, 0.29) is 0 Å². The van der Waals surface area contributed by atoms with Crippen molar-refractivity contribution in [3.8, 4) is 0 Å². The summed E-state index contributed by atoms with van der Waals surface area (Å²) in [6, 6.07) is 2.55. The monoisotopic (exact) mass is 346 g/mol. The summed E-state index contributed by atoms with van der Waals surface area (Å²) in [5, 5.41) is 0. The van der Waals surface area contributed by atoms with Gasteiger partial charge in [0, 0.05) is 51.2 Å². The van der Waals surface area contributed by atoms with Crippen LogP contribution < -0.4 is 9.80 Å². The van der Waals surface area contributed by atoms with Crippen LogP contribution in [0, 0.1) is 6.92 Å². The Balaban J connectivity index is 1.67. The molecule has 0 aromatic carbocycles. The van der Waals surface area contributed by atoms with Crippen molar-refractivity contribution in [2.24, 2.45) is 0 Å². The Kier molecular flexibility index (Phi) is 5.30. The first kappa shape index (κ1) is 17.1. The summed E-state index contributed by atoms with van der Waals surface area (Å²) in [5.74, 6) is 1.94. The molecule has 2 aromatic heterocycles. The van der Waals surface area contributed by atoms with Gasteiger partial charge >= 0.3 is 0 Å². The van der Waals surface area contributed by atoms with E-state index in [2.05, 4.69) is 44.8 Å². The predicted octanol–water partition coefficient (Wildman–Crippen LogP) is 2.41. The van der Waals surface area contributed by atoms with Crippen LogP contribution in [0.5, 0.6) is 0 Å². The molecule has 3 heterocycles. The molecule has 0 aliphatic carbocycles. The number of aromatic nitrogens is 3. The Morgan fingerprint density at radius 3 is 2.71 bits per heavy atom. The molecule has 1 aliphatic heterocycles. The predicted molar refractivity (Wildman–Crippen MR) is 99.9 cm³/mol. The molecule has 3 rings (SSSR count). The Bertz CT molecular complexity index is 671. The topological polar surface area (TPSA) is 48.4 Å². The van der Waals surface area contributed by atoms with Gasteiger partial charge in [0.2, 0.25) is 0 Å². The lowest BCUT2D eigenvalue weighted by molar-refractivity contribution is 0.199. The molecule has 6 nitrogen and oxygen atoms in total. The van der Waals surface area contributed by atoms with Gasteiger partial charge in [-0.15, -0.1) is 11.3 Å².